The topological polar surface area (TPSA) is 59.4 Å². The third-order valence-corrected chi connectivity index (χ3v) is 4.12. The molecule has 2 aromatic rings. The van der Waals surface area contributed by atoms with E-state index < -0.39 is 5.60 Å². The Morgan fingerprint density at radius 3 is 2.84 bits per heavy atom. The number of anilines is 1. The van der Waals surface area contributed by atoms with E-state index in [-0.39, 0.29) is 12.1 Å². The number of ether oxygens (including phenoxy) is 1. The zero-order chi connectivity index (χ0) is 17.9. The first-order valence-corrected chi connectivity index (χ1v) is 8.74. The molecule has 1 aliphatic rings. The van der Waals surface area contributed by atoms with Crippen LogP contribution in [0.1, 0.15) is 33.6 Å². The van der Waals surface area contributed by atoms with E-state index >= 15 is 0 Å². The maximum absolute atomic E-state index is 12.3. The molecule has 1 unspecified atom stereocenters. The summed E-state index contributed by atoms with van der Waals surface area (Å²) in [5, 5.41) is 3.59. The number of benzene rings is 1. The van der Waals surface area contributed by atoms with E-state index in [1.54, 1.807) is 17.4 Å². The van der Waals surface area contributed by atoms with Crippen LogP contribution in [-0.2, 0) is 4.74 Å². The van der Waals surface area contributed by atoms with Crippen LogP contribution in [0, 0.1) is 0 Å². The summed E-state index contributed by atoms with van der Waals surface area (Å²) in [4.78, 5) is 18.2. The summed E-state index contributed by atoms with van der Waals surface area (Å²) in [5.74, 6) is 0. The van der Waals surface area contributed by atoms with Gasteiger partial charge in [0.15, 0.2) is 0 Å². The number of aromatic nitrogens is 2. The second kappa shape index (κ2) is 7.17. The smallest absolute Gasteiger partial charge is 0.410 e. The van der Waals surface area contributed by atoms with E-state index in [9.17, 15) is 4.79 Å². The molecular weight excluding hydrogens is 316 g/mol. The minimum atomic E-state index is -0.467. The summed E-state index contributed by atoms with van der Waals surface area (Å²) < 4.78 is 7.49. The Bertz CT molecular complexity index is 706. The van der Waals surface area contributed by atoms with Crippen molar-refractivity contribution in [3.05, 3.63) is 43.0 Å². The van der Waals surface area contributed by atoms with Crippen LogP contribution in [0.15, 0.2) is 43.0 Å². The van der Waals surface area contributed by atoms with Crippen LogP contribution in [0.5, 0.6) is 0 Å². The molecule has 6 nitrogen and oxygen atoms in total. The Kier molecular flexibility index (Phi) is 4.97. The number of hydrogen-bond donors (Lipinski definition) is 1. The minimum Gasteiger partial charge on any atom is -0.444 e. The van der Waals surface area contributed by atoms with E-state index in [0.717, 1.165) is 30.8 Å². The van der Waals surface area contributed by atoms with Crippen LogP contribution in [-0.4, -0.2) is 45.3 Å². The van der Waals surface area contributed by atoms with Gasteiger partial charge in [0, 0.05) is 31.5 Å². The molecule has 3 rings (SSSR count). The molecule has 2 heterocycles. The number of para-hydroxylation sites is 2. The Balaban J connectivity index is 1.69. The molecule has 1 saturated heterocycles. The van der Waals surface area contributed by atoms with Gasteiger partial charge in [-0.3, -0.25) is 0 Å². The third kappa shape index (κ3) is 4.53. The summed E-state index contributed by atoms with van der Waals surface area (Å²) in [7, 11) is 0. The molecule has 1 atom stereocenters. The molecule has 1 aromatic heterocycles. The molecule has 1 aromatic carbocycles. The Labute approximate surface area is 148 Å². The highest BCUT2D eigenvalue weighted by Crippen LogP contribution is 2.23. The van der Waals surface area contributed by atoms with Gasteiger partial charge in [0.25, 0.3) is 0 Å². The first kappa shape index (κ1) is 17.3. The molecule has 6 heteroatoms. The molecule has 1 aliphatic heterocycles. The monoisotopic (exact) mass is 342 g/mol. The zero-order valence-corrected chi connectivity index (χ0v) is 15.1. The minimum absolute atomic E-state index is 0.200. The van der Waals surface area contributed by atoms with Gasteiger partial charge in [-0.15, -0.1) is 0 Å². The summed E-state index contributed by atoms with van der Waals surface area (Å²) >= 11 is 0. The number of carbonyl (C=O) groups excluding carboxylic acids is 1. The molecule has 0 spiro atoms. The van der Waals surface area contributed by atoms with Crippen LogP contribution in [0.3, 0.4) is 0 Å². The summed E-state index contributed by atoms with van der Waals surface area (Å²) in [6, 6.07) is 8.33. The fraction of sp³-hybridized carbons (Fsp3) is 0.474. The van der Waals surface area contributed by atoms with Crippen LogP contribution in [0.25, 0.3) is 5.69 Å². The predicted molar refractivity (Wildman–Crippen MR) is 98.0 cm³/mol. The second-order valence-corrected chi connectivity index (χ2v) is 7.40. The lowest BCUT2D eigenvalue weighted by Crippen LogP contribution is -2.47. The van der Waals surface area contributed by atoms with E-state index in [1.807, 2.05) is 43.7 Å². The number of nitrogens with one attached hydrogen (secondary N) is 1. The standard InChI is InChI=1S/C19H26N4O2/c1-19(2,3)25-18(24)22-11-6-7-15(13-22)21-16-8-4-5-9-17(16)23-12-10-20-14-23/h4-5,8-10,12,14-15,21H,6-7,11,13H2,1-3H3. The van der Waals surface area contributed by atoms with Gasteiger partial charge in [-0.25, -0.2) is 9.78 Å². The number of hydrogen-bond acceptors (Lipinski definition) is 4. The molecule has 0 bridgehead atoms. The van der Waals surface area contributed by atoms with Gasteiger partial charge >= 0.3 is 6.09 Å². The van der Waals surface area contributed by atoms with Gasteiger partial charge in [0.2, 0.25) is 0 Å². The van der Waals surface area contributed by atoms with Crippen molar-refractivity contribution in [2.45, 2.75) is 45.3 Å². The zero-order valence-electron chi connectivity index (χ0n) is 15.1. The summed E-state index contributed by atoms with van der Waals surface area (Å²) in [6.45, 7) is 7.08. The number of carbonyl (C=O) groups is 1. The molecule has 0 aliphatic carbocycles. The van der Waals surface area contributed by atoms with E-state index in [1.165, 1.54) is 0 Å². The van der Waals surface area contributed by atoms with Crippen molar-refractivity contribution < 1.29 is 9.53 Å². The molecule has 0 saturated carbocycles. The van der Waals surface area contributed by atoms with Crippen molar-refractivity contribution in [3.63, 3.8) is 0 Å². The van der Waals surface area contributed by atoms with Crippen molar-refractivity contribution in [2.24, 2.45) is 0 Å². The van der Waals surface area contributed by atoms with Crippen molar-refractivity contribution in [1.29, 1.82) is 0 Å². The molecule has 0 radical (unpaired) electrons. The first-order chi connectivity index (χ1) is 11.9. The molecule has 25 heavy (non-hydrogen) atoms. The first-order valence-electron chi connectivity index (χ1n) is 8.74. The van der Waals surface area contributed by atoms with Crippen LogP contribution < -0.4 is 5.32 Å². The number of rotatable bonds is 3. The van der Waals surface area contributed by atoms with Crippen molar-refractivity contribution >= 4 is 11.8 Å². The quantitative estimate of drug-likeness (QED) is 0.924. The lowest BCUT2D eigenvalue weighted by atomic mass is 10.1. The highest BCUT2D eigenvalue weighted by atomic mass is 16.6. The summed E-state index contributed by atoms with van der Waals surface area (Å²) in [6.07, 6.45) is 7.23. The van der Waals surface area contributed by atoms with Crippen molar-refractivity contribution in [2.75, 3.05) is 18.4 Å². The number of likely N-dealkylation sites (tertiary alicyclic amines) is 1. The highest BCUT2D eigenvalue weighted by molar-refractivity contribution is 5.68. The Morgan fingerprint density at radius 1 is 1.32 bits per heavy atom. The van der Waals surface area contributed by atoms with Crippen LogP contribution >= 0.6 is 0 Å². The van der Waals surface area contributed by atoms with E-state index in [2.05, 4.69) is 22.4 Å². The largest absolute Gasteiger partial charge is 0.444 e. The van der Waals surface area contributed by atoms with Gasteiger partial charge in [0.05, 0.1) is 17.7 Å². The highest BCUT2D eigenvalue weighted by Gasteiger charge is 2.27. The van der Waals surface area contributed by atoms with Crippen LogP contribution in [0.4, 0.5) is 10.5 Å². The molecule has 1 N–H and O–H groups in total. The molecular formula is C19H26N4O2. The lowest BCUT2D eigenvalue weighted by Gasteiger charge is -2.35. The maximum Gasteiger partial charge on any atom is 0.410 e. The predicted octanol–water partition coefficient (Wildman–Crippen LogP) is 3.68. The Hall–Kier alpha value is -2.50. The molecule has 134 valence electrons. The number of nitrogens with zero attached hydrogens (tertiary/aromatic N) is 3. The molecule has 1 fully saturated rings. The molecule has 1 amide bonds. The summed E-state index contributed by atoms with van der Waals surface area (Å²) in [5.41, 5.74) is 1.62. The van der Waals surface area contributed by atoms with E-state index in [0.29, 0.717) is 6.54 Å². The number of imidazole rings is 1. The van der Waals surface area contributed by atoms with Crippen molar-refractivity contribution in [1.82, 2.24) is 14.5 Å². The lowest BCUT2D eigenvalue weighted by molar-refractivity contribution is 0.0206. The SMILES string of the molecule is CC(C)(C)OC(=O)N1CCCC(Nc2ccccc2-n2ccnc2)C1. The second-order valence-electron chi connectivity index (χ2n) is 7.40. The number of piperidine rings is 1. The van der Waals surface area contributed by atoms with Crippen molar-refractivity contribution in [3.8, 4) is 5.69 Å². The van der Waals surface area contributed by atoms with Gasteiger partial charge in [-0.05, 0) is 45.7 Å². The van der Waals surface area contributed by atoms with E-state index in [4.69, 9.17) is 4.74 Å². The third-order valence-electron chi connectivity index (χ3n) is 4.12. The average Bonchev–Trinajstić information content (AvgIpc) is 3.08. The van der Waals surface area contributed by atoms with Gasteiger partial charge in [-0.1, -0.05) is 12.1 Å². The van der Waals surface area contributed by atoms with Crippen LogP contribution in [0.2, 0.25) is 0 Å². The normalized spacial score (nSPS) is 18.0. The van der Waals surface area contributed by atoms with Gasteiger partial charge < -0.3 is 19.5 Å². The van der Waals surface area contributed by atoms with Gasteiger partial charge in [0.1, 0.15) is 5.60 Å². The Morgan fingerprint density at radius 2 is 2.12 bits per heavy atom. The fourth-order valence-electron chi connectivity index (χ4n) is 3.03. The average molecular weight is 342 g/mol. The fourth-order valence-corrected chi connectivity index (χ4v) is 3.03. The maximum atomic E-state index is 12.3. The van der Waals surface area contributed by atoms with Gasteiger partial charge in [-0.2, -0.15) is 0 Å². The number of amides is 1.